The Bertz CT molecular complexity index is 770. The van der Waals surface area contributed by atoms with Crippen molar-refractivity contribution in [2.24, 2.45) is 0 Å². The first-order valence-corrected chi connectivity index (χ1v) is 10.0. The molecule has 2 aromatic heterocycles. The quantitative estimate of drug-likeness (QED) is 0.751. The summed E-state index contributed by atoms with van der Waals surface area (Å²) < 4.78 is 27.4. The fourth-order valence-electron chi connectivity index (χ4n) is 2.45. The van der Waals surface area contributed by atoms with Crippen LogP contribution in [0.4, 0.5) is 0 Å². The van der Waals surface area contributed by atoms with Crippen LogP contribution in [-0.2, 0) is 16.6 Å². The van der Waals surface area contributed by atoms with E-state index in [0.29, 0.717) is 39.9 Å². The van der Waals surface area contributed by atoms with Crippen LogP contribution in [0.3, 0.4) is 0 Å². The second kappa shape index (κ2) is 7.04. The maximum absolute atomic E-state index is 12.5. The summed E-state index contributed by atoms with van der Waals surface area (Å²) in [7, 11) is -3.43. The van der Waals surface area contributed by atoms with Gasteiger partial charge in [0.15, 0.2) is 0 Å². The maximum atomic E-state index is 12.5. The Morgan fingerprint density at radius 2 is 1.83 bits per heavy atom. The summed E-state index contributed by atoms with van der Waals surface area (Å²) in [6.07, 6.45) is 1.75. The lowest BCUT2D eigenvalue weighted by atomic mass is 10.2. The van der Waals surface area contributed by atoms with E-state index in [1.807, 2.05) is 6.07 Å². The Hall–Kier alpha value is -0.700. The summed E-state index contributed by atoms with van der Waals surface area (Å²) in [6, 6.07) is 6.88. The molecule has 0 aliphatic carbocycles. The molecule has 1 fully saturated rings. The van der Waals surface area contributed by atoms with Gasteiger partial charge in [0.05, 0.1) is 4.34 Å². The molecule has 0 unspecified atom stereocenters. The zero-order valence-corrected chi connectivity index (χ0v) is 15.3. The molecule has 0 bridgehead atoms. The highest BCUT2D eigenvalue weighted by Gasteiger charge is 2.29. The molecule has 0 aromatic carbocycles. The van der Waals surface area contributed by atoms with Gasteiger partial charge in [-0.15, -0.1) is 11.3 Å². The van der Waals surface area contributed by atoms with Gasteiger partial charge < -0.3 is 0 Å². The molecular formula is C14H15Cl2N3O2S2. The first kappa shape index (κ1) is 17.1. The topological polar surface area (TPSA) is 53.5 Å². The minimum atomic E-state index is -3.43. The number of nitrogens with zero attached hydrogens (tertiary/aromatic N) is 3. The summed E-state index contributed by atoms with van der Waals surface area (Å²) in [4.78, 5) is 6.27. The highest BCUT2D eigenvalue weighted by Crippen LogP contribution is 2.28. The van der Waals surface area contributed by atoms with Crippen LogP contribution in [0.5, 0.6) is 0 Å². The first-order chi connectivity index (χ1) is 10.9. The van der Waals surface area contributed by atoms with Crippen LogP contribution >= 0.6 is 34.5 Å². The van der Waals surface area contributed by atoms with Crippen molar-refractivity contribution < 1.29 is 8.42 Å². The second-order valence-corrected chi connectivity index (χ2v) is 9.50. The molecule has 1 aliphatic rings. The van der Waals surface area contributed by atoms with Crippen LogP contribution < -0.4 is 0 Å². The van der Waals surface area contributed by atoms with Crippen molar-refractivity contribution in [1.29, 1.82) is 0 Å². The number of halogens is 2. The summed E-state index contributed by atoms with van der Waals surface area (Å²) in [5.74, 6) is 0. The molecule has 2 aromatic rings. The lowest BCUT2D eigenvalue weighted by molar-refractivity contribution is 0.181. The van der Waals surface area contributed by atoms with E-state index in [1.165, 1.54) is 4.31 Å². The molecule has 3 rings (SSSR count). The van der Waals surface area contributed by atoms with Gasteiger partial charge in [0.2, 0.25) is 0 Å². The first-order valence-electron chi connectivity index (χ1n) is 7.03. The van der Waals surface area contributed by atoms with Crippen LogP contribution in [0.2, 0.25) is 9.49 Å². The molecule has 0 radical (unpaired) electrons. The predicted octanol–water partition coefficient (Wildman–Crippen LogP) is 2.96. The van der Waals surface area contributed by atoms with Gasteiger partial charge in [-0.25, -0.2) is 13.4 Å². The average molecular weight is 392 g/mol. The van der Waals surface area contributed by atoms with E-state index >= 15 is 0 Å². The zero-order valence-electron chi connectivity index (χ0n) is 12.2. The Morgan fingerprint density at radius 1 is 1.09 bits per heavy atom. The van der Waals surface area contributed by atoms with Gasteiger partial charge in [-0.05, 0) is 23.8 Å². The number of rotatable bonds is 4. The number of aromatic nitrogens is 1. The monoisotopic (exact) mass is 391 g/mol. The van der Waals surface area contributed by atoms with Crippen LogP contribution in [0.25, 0.3) is 0 Å². The van der Waals surface area contributed by atoms with E-state index in [4.69, 9.17) is 23.2 Å². The number of hydrogen-bond donors (Lipinski definition) is 0. The standard InChI is InChI=1S/C14H15Cl2N3O2S2/c15-12-2-1-11(9-17-12)10-18-5-7-19(8-6-18)23(20,21)14-4-3-13(16)22-14/h1-4,9H,5-8,10H2. The molecule has 0 N–H and O–H groups in total. The molecule has 1 aliphatic heterocycles. The van der Waals surface area contributed by atoms with Gasteiger partial charge in [0.25, 0.3) is 10.0 Å². The molecule has 3 heterocycles. The van der Waals surface area contributed by atoms with Crippen LogP contribution in [0.15, 0.2) is 34.7 Å². The van der Waals surface area contributed by atoms with Crippen LogP contribution in [-0.4, -0.2) is 48.8 Å². The molecule has 124 valence electrons. The third-order valence-electron chi connectivity index (χ3n) is 3.67. The Morgan fingerprint density at radius 3 is 2.39 bits per heavy atom. The van der Waals surface area contributed by atoms with E-state index in [1.54, 1.807) is 24.4 Å². The summed E-state index contributed by atoms with van der Waals surface area (Å²) in [6.45, 7) is 3.04. The van der Waals surface area contributed by atoms with E-state index in [2.05, 4.69) is 9.88 Å². The molecule has 5 nitrogen and oxygen atoms in total. The molecule has 0 amide bonds. The highest BCUT2D eigenvalue weighted by molar-refractivity contribution is 7.91. The van der Waals surface area contributed by atoms with Gasteiger partial charge in [-0.1, -0.05) is 29.3 Å². The Balaban J connectivity index is 1.61. The minimum Gasteiger partial charge on any atom is -0.296 e. The SMILES string of the molecule is O=S(=O)(c1ccc(Cl)s1)N1CCN(Cc2ccc(Cl)nc2)CC1. The predicted molar refractivity (Wildman–Crippen MR) is 92.6 cm³/mol. The minimum absolute atomic E-state index is 0.304. The molecule has 23 heavy (non-hydrogen) atoms. The smallest absolute Gasteiger partial charge is 0.252 e. The molecule has 9 heteroatoms. The molecular weight excluding hydrogens is 377 g/mol. The van der Waals surface area contributed by atoms with E-state index in [-0.39, 0.29) is 0 Å². The van der Waals surface area contributed by atoms with Gasteiger partial charge in [0, 0.05) is 38.9 Å². The van der Waals surface area contributed by atoms with Gasteiger partial charge in [-0.2, -0.15) is 4.31 Å². The number of piperazine rings is 1. The number of sulfonamides is 1. The third kappa shape index (κ3) is 4.04. The molecule has 0 atom stereocenters. The van der Waals surface area contributed by atoms with Crippen molar-refractivity contribution in [1.82, 2.24) is 14.2 Å². The molecule has 1 saturated heterocycles. The van der Waals surface area contributed by atoms with Gasteiger partial charge in [-0.3, -0.25) is 4.90 Å². The lowest BCUT2D eigenvalue weighted by Gasteiger charge is -2.33. The second-order valence-electron chi connectivity index (χ2n) is 5.23. The average Bonchev–Trinajstić information content (AvgIpc) is 2.98. The summed E-state index contributed by atoms with van der Waals surface area (Å²) in [5, 5.41) is 0.472. The van der Waals surface area contributed by atoms with Crippen molar-refractivity contribution in [3.63, 3.8) is 0 Å². The largest absolute Gasteiger partial charge is 0.296 e. The van der Waals surface area contributed by atoms with Crippen LogP contribution in [0.1, 0.15) is 5.56 Å². The van der Waals surface area contributed by atoms with Crippen LogP contribution in [0, 0.1) is 0 Å². The lowest BCUT2D eigenvalue weighted by Crippen LogP contribution is -2.48. The third-order valence-corrected chi connectivity index (χ3v) is 7.49. The fraction of sp³-hybridized carbons (Fsp3) is 0.357. The van der Waals surface area contributed by atoms with Gasteiger partial charge >= 0.3 is 0 Å². The molecule has 0 saturated carbocycles. The van der Waals surface area contributed by atoms with Crippen molar-refractivity contribution in [3.8, 4) is 0 Å². The van der Waals surface area contributed by atoms with Crippen molar-refractivity contribution >= 4 is 44.6 Å². The Kier molecular flexibility index (Phi) is 5.25. The highest BCUT2D eigenvalue weighted by atomic mass is 35.5. The van der Waals surface area contributed by atoms with E-state index < -0.39 is 10.0 Å². The Labute approximate surface area is 149 Å². The maximum Gasteiger partial charge on any atom is 0.252 e. The van der Waals surface area contributed by atoms with E-state index in [9.17, 15) is 8.42 Å². The normalized spacial score (nSPS) is 17.5. The fourth-order valence-corrected chi connectivity index (χ4v) is 5.62. The van der Waals surface area contributed by atoms with Gasteiger partial charge in [0.1, 0.15) is 9.36 Å². The number of thiophene rings is 1. The number of hydrogen-bond acceptors (Lipinski definition) is 5. The summed E-state index contributed by atoms with van der Waals surface area (Å²) >= 11 is 12.7. The van der Waals surface area contributed by atoms with E-state index in [0.717, 1.165) is 23.4 Å². The summed E-state index contributed by atoms with van der Waals surface area (Å²) in [5.41, 5.74) is 1.07. The number of pyridine rings is 1. The van der Waals surface area contributed by atoms with Crippen molar-refractivity contribution in [3.05, 3.63) is 45.5 Å². The van der Waals surface area contributed by atoms with Crippen molar-refractivity contribution in [2.45, 2.75) is 10.8 Å². The van der Waals surface area contributed by atoms with Crippen molar-refractivity contribution in [2.75, 3.05) is 26.2 Å². The zero-order chi connectivity index (χ0) is 16.4. The molecule has 0 spiro atoms.